The fourth-order valence-electron chi connectivity index (χ4n) is 1.90. The van der Waals surface area contributed by atoms with E-state index in [9.17, 15) is 14.4 Å². The summed E-state index contributed by atoms with van der Waals surface area (Å²) in [6, 6.07) is -1.27. The summed E-state index contributed by atoms with van der Waals surface area (Å²) in [6.45, 7) is 4.41. The summed E-state index contributed by atoms with van der Waals surface area (Å²) in [5, 5.41) is 11.3. The van der Waals surface area contributed by atoms with Crippen LogP contribution in [-0.4, -0.2) is 42.6 Å². The number of aliphatic carboxylic acids is 1. The first-order valence-electron chi connectivity index (χ1n) is 6.59. The Morgan fingerprint density at radius 2 is 1.85 bits per heavy atom. The molecule has 0 heterocycles. The molecule has 20 heavy (non-hydrogen) atoms. The Hall–Kier alpha value is -1.63. The van der Waals surface area contributed by atoms with E-state index in [1.54, 1.807) is 0 Å². The molecule has 0 aliphatic rings. The molecule has 7 heteroatoms. The number of nitrogens with one attached hydrogen (secondary N) is 1. The van der Waals surface area contributed by atoms with Crippen LogP contribution < -0.4 is 11.1 Å². The highest BCUT2D eigenvalue weighted by Crippen LogP contribution is 2.14. The zero-order valence-electron chi connectivity index (χ0n) is 12.2. The molecular formula is C13H24N2O5. The second kappa shape index (κ2) is 9.30. The van der Waals surface area contributed by atoms with Crippen LogP contribution in [0.1, 0.15) is 33.1 Å². The number of ether oxygens (including phenoxy) is 1. The van der Waals surface area contributed by atoms with Crippen LogP contribution in [0.4, 0.5) is 0 Å². The van der Waals surface area contributed by atoms with Crippen molar-refractivity contribution in [3.63, 3.8) is 0 Å². The van der Waals surface area contributed by atoms with Crippen molar-refractivity contribution in [3.8, 4) is 0 Å². The van der Waals surface area contributed by atoms with E-state index < -0.39 is 30.3 Å². The SMILES string of the molecule is COC(=O)C[C@H](NC(=O)C[C@@H](CN)CC(C)C)C(=O)O. The Labute approximate surface area is 118 Å². The number of carboxylic acids is 1. The van der Waals surface area contributed by atoms with Crippen LogP contribution in [0.25, 0.3) is 0 Å². The van der Waals surface area contributed by atoms with Gasteiger partial charge in [0.2, 0.25) is 5.91 Å². The summed E-state index contributed by atoms with van der Waals surface area (Å²) in [6.07, 6.45) is 0.549. The van der Waals surface area contributed by atoms with Gasteiger partial charge < -0.3 is 20.9 Å². The molecule has 0 saturated carbocycles. The van der Waals surface area contributed by atoms with Crippen molar-refractivity contribution in [2.24, 2.45) is 17.6 Å². The number of methoxy groups -OCH3 is 1. The summed E-state index contributed by atoms with van der Waals surface area (Å²) in [4.78, 5) is 33.8. The third-order valence-corrected chi connectivity index (χ3v) is 2.84. The van der Waals surface area contributed by atoms with Crippen molar-refractivity contribution in [1.29, 1.82) is 0 Å². The lowest BCUT2D eigenvalue weighted by Gasteiger charge is -2.18. The molecule has 1 amide bonds. The van der Waals surface area contributed by atoms with Gasteiger partial charge in [-0.05, 0) is 24.8 Å². The first kappa shape index (κ1) is 18.4. The molecule has 0 fully saturated rings. The van der Waals surface area contributed by atoms with Crippen LogP contribution in [0.15, 0.2) is 0 Å². The lowest BCUT2D eigenvalue weighted by atomic mass is 9.94. The van der Waals surface area contributed by atoms with Crippen LogP contribution in [0.5, 0.6) is 0 Å². The van der Waals surface area contributed by atoms with Crippen molar-refractivity contribution in [1.82, 2.24) is 5.32 Å². The van der Waals surface area contributed by atoms with Gasteiger partial charge in [-0.25, -0.2) is 4.79 Å². The molecule has 0 unspecified atom stereocenters. The highest BCUT2D eigenvalue weighted by atomic mass is 16.5. The zero-order valence-corrected chi connectivity index (χ0v) is 12.2. The number of rotatable bonds is 9. The minimum Gasteiger partial charge on any atom is -0.480 e. The lowest BCUT2D eigenvalue weighted by molar-refractivity contribution is -0.148. The Morgan fingerprint density at radius 3 is 2.25 bits per heavy atom. The molecule has 0 radical (unpaired) electrons. The van der Waals surface area contributed by atoms with E-state index >= 15 is 0 Å². The standard InChI is InChI=1S/C13H24N2O5/c1-8(2)4-9(7-14)5-11(16)15-10(13(18)19)6-12(17)20-3/h8-10H,4-7,14H2,1-3H3,(H,15,16)(H,18,19)/t9-,10-/m0/s1. The summed E-state index contributed by atoms with van der Waals surface area (Å²) >= 11 is 0. The molecular weight excluding hydrogens is 264 g/mol. The maximum Gasteiger partial charge on any atom is 0.326 e. The topological polar surface area (TPSA) is 119 Å². The van der Waals surface area contributed by atoms with Gasteiger partial charge in [-0.3, -0.25) is 9.59 Å². The Morgan fingerprint density at radius 1 is 1.25 bits per heavy atom. The summed E-state index contributed by atoms with van der Waals surface area (Å²) in [7, 11) is 1.16. The molecule has 0 aliphatic heterocycles. The predicted octanol–water partition coefficient (Wildman–Crippen LogP) is 0.130. The Kier molecular flexibility index (Phi) is 8.54. The third-order valence-electron chi connectivity index (χ3n) is 2.84. The van der Waals surface area contributed by atoms with E-state index in [1.165, 1.54) is 0 Å². The molecule has 0 rings (SSSR count). The van der Waals surface area contributed by atoms with Gasteiger partial charge in [0, 0.05) is 6.42 Å². The first-order valence-corrected chi connectivity index (χ1v) is 6.59. The average Bonchev–Trinajstić information content (AvgIpc) is 2.36. The first-order chi connectivity index (χ1) is 9.29. The van der Waals surface area contributed by atoms with Crippen molar-refractivity contribution in [2.75, 3.05) is 13.7 Å². The third kappa shape index (κ3) is 7.73. The molecule has 7 nitrogen and oxygen atoms in total. The average molecular weight is 288 g/mol. The quantitative estimate of drug-likeness (QED) is 0.519. The molecule has 4 N–H and O–H groups in total. The van der Waals surface area contributed by atoms with Gasteiger partial charge >= 0.3 is 11.9 Å². The van der Waals surface area contributed by atoms with Crippen LogP contribution in [-0.2, 0) is 19.1 Å². The molecule has 0 spiro atoms. The maximum atomic E-state index is 11.8. The van der Waals surface area contributed by atoms with Crippen LogP contribution in [0.2, 0.25) is 0 Å². The van der Waals surface area contributed by atoms with Gasteiger partial charge in [-0.15, -0.1) is 0 Å². The van der Waals surface area contributed by atoms with Crippen molar-refractivity contribution < 1.29 is 24.2 Å². The second-order valence-electron chi connectivity index (χ2n) is 5.17. The molecule has 0 aromatic heterocycles. The molecule has 0 bridgehead atoms. The van der Waals surface area contributed by atoms with Gasteiger partial charge in [0.25, 0.3) is 0 Å². The highest BCUT2D eigenvalue weighted by molar-refractivity contribution is 5.87. The number of carboxylic acid groups (broad SMARTS) is 1. The van der Waals surface area contributed by atoms with Gasteiger partial charge in [0.1, 0.15) is 6.04 Å². The van der Waals surface area contributed by atoms with Gasteiger partial charge in [0.05, 0.1) is 13.5 Å². The number of carbonyl (C=O) groups excluding carboxylic acids is 2. The monoisotopic (exact) mass is 288 g/mol. The van der Waals surface area contributed by atoms with Crippen molar-refractivity contribution in [3.05, 3.63) is 0 Å². The summed E-state index contributed by atoms with van der Waals surface area (Å²) < 4.78 is 4.39. The number of nitrogens with two attached hydrogens (primary N) is 1. The number of hydrogen-bond acceptors (Lipinski definition) is 5. The van der Waals surface area contributed by atoms with Crippen LogP contribution in [0, 0.1) is 11.8 Å². The Bertz CT molecular complexity index is 344. The van der Waals surface area contributed by atoms with Gasteiger partial charge in [0.15, 0.2) is 0 Å². The predicted molar refractivity (Wildman–Crippen MR) is 72.8 cm³/mol. The van der Waals surface area contributed by atoms with Gasteiger partial charge in [-0.2, -0.15) is 0 Å². The smallest absolute Gasteiger partial charge is 0.326 e. The minimum absolute atomic E-state index is 0.00238. The van der Waals surface area contributed by atoms with E-state index in [-0.39, 0.29) is 12.3 Å². The van der Waals surface area contributed by atoms with E-state index in [2.05, 4.69) is 10.1 Å². The number of carbonyl (C=O) groups is 3. The lowest BCUT2D eigenvalue weighted by Crippen LogP contribution is -2.43. The molecule has 0 aromatic rings. The number of amides is 1. The van der Waals surface area contributed by atoms with E-state index in [1.807, 2.05) is 13.8 Å². The van der Waals surface area contributed by atoms with E-state index in [4.69, 9.17) is 10.8 Å². The fourth-order valence-corrected chi connectivity index (χ4v) is 1.90. The number of esters is 1. The zero-order chi connectivity index (χ0) is 15.7. The van der Waals surface area contributed by atoms with E-state index in [0.717, 1.165) is 13.5 Å². The Balaban J connectivity index is 4.44. The molecule has 0 saturated heterocycles. The van der Waals surface area contributed by atoms with Crippen molar-refractivity contribution in [2.45, 2.75) is 39.2 Å². The fraction of sp³-hybridized carbons (Fsp3) is 0.769. The minimum atomic E-state index is -1.27. The van der Waals surface area contributed by atoms with Crippen molar-refractivity contribution >= 4 is 17.8 Å². The highest BCUT2D eigenvalue weighted by Gasteiger charge is 2.24. The maximum absolute atomic E-state index is 11.8. The molecule has 116 valence electrons. The van der Waals surface area contributed by atoms with Crippen LogP contribution in [0.3, 0.4) is 0 Å². The molecule has 0 aliphatic carbocycles. The molecule has 2 atom stereocenters. The number of hydrogen-bond donors (Lipinski definition) is 3. The van der Waals surface area contributed by atoms with Gasteiger partial charge in [-0.1, -0.05) is 13.8 Å². The normalized spacial score (nSPS) is 13.7. The van der Waals surface area contributed by atoms with Crippen LogP contribution >= 0.6 is 0 Å². The largest absolute Gasteiger partial charge is 0.480 e. The summed E-state index contributed by atoms with van der Waals surface area (Å²) in [5.74, 6) is -1.96. The second-order valence-corrected chi connectivity index (χ2v) is 5.17. The van der Waals surface area contributed by atoms with E-state index in [0.29, 0.717) is 12.5 Å². The molecule has 0 aromatic carbocycles. The summed E-state index contributed by atoms with van der Waals surface area (Å²) in [5.41, 5.74) is 5.59.